The topological polar surface area (TPSA) is 21.1 Å². The van der Waals surface area contributed by atoms with Crippen LogP contribution in [0.25, 0.3) is 0 Å². The van der Waals surface area contributed by atoms with Crippen molar-refractivity contribution in [2.24, 2.45) is 7.05 Å². The van der Waals surface area contributed by atoms with E-state index in [1.807, 2.05) is 0 Å². The van der Waals surface area contributed by atoms with Gasteiger partial charge in [-0.25, -0.2) is 9.37 Å². The molecule has 0 aromatic carbocycles. The molecule has 0 saturated heterocycles. The molecule has 0 radical (unpaired) electrons. The summed E-state index contributed by atoms with van der Waals surface area (Å²) in [4.78, 5) is 4.73. The van der Waals surface area contributed by atoms with Crippen molar-refractivity contribution in [2.75, 3.05) is 14.1 Å². The molecule has 0 N–H and O–H groups in total. The lowest BCUT2D eigenvalue weighted by atomic mass is 10.3. The van der Waals surface area contributed by atoms with Crippen molar-refractivity contribution in [3.8, 4) is 0 Å². The molecule has 0 fully saturated rings. The average Bonchev–Trinajstić information content (AvgIpc) is 2.45. The van der Waals surface area contributed by atoms with Crippen molar-refractivity contribution in [1.29, 1.82) is 0 Å². The summed E-state index contributed by atoms with van der Waals surface area (Å²) in [5.41, 5.74) is 0.174. The predicted octanol–water partition coefficient (Wildman–Crippen LogP) is 2.35. The number of hydrogen-bond donors (Lipinski definition) is 0. The van der Waals surface area contributed by atoms with Crippen molar-refractivity contribution in [2.45, 2.75) is 12.6 Å². The van der Waals surface area contributed by atoms with E-state index >= 15 is 0 Å². The van der Waals surface area contributed by atoms with Gasteiger partial charge in [0.15, 0.2) is 0 Å². The van der Waals surface area contributed by atoms with Crippen LogP contribution < -0.4 is 0 Å². The van der Waals surface area contributed by atoms with E-state index in [2.05, 4.69) is 4.98 Å². The quantitative estimate of drug-likeness (QED) is 0.769. The Morgan fingerprint density at radius 1 is 1.47 bits per heavy atom. The average molecular weight is 251 g/mol. The molecule has 1 rings (SSSR count). The largest absolute Gasteiger partial charge is 0.449 e. The molecule has 0 atom stereocenters. The summed E-state index contributed by atoms with van der Waals surface area (Å²) >= 11 is 0. The second-order valence-electron chi connectivity index (χ2n) is 3.85. The van der Waals surface area contributed by atoms with Crippen LogP contribution in [0, 0.1) is 0 Å². The van der Waals surface area contributed by atoms with Crippen LogP contribution in [0.2, 0.25) is 0 Å². The van der Waals surface area contributed by atoms with Crippen molar-refractivity contribution in [3.05, 3.63) is 29.7 Å². The van der Waals surface area contributed by atoms with Crippen LogP contribution in [-0.2, 0) is 19.6 Å². The predicted molar refractivity (Wildman–Crippen MR) is 54.8 cm³/mol. The lowest BCUT2D eigenvalue weighted by Gasteiger charge is -2.09. The number of allylic oxidation sites excluding steroid dienone is 1. The van der Waals surface area contributed by atoms with E-state index in [-0.39, 0.29) is 12.1 Å². The number of hydrogen-bond acceptors (Lipinski definition) is 2. The highest BCUT2D eigenvalue weighted by Crippen LogP contribution is 2.28. The van der Waals surface area contributed by atoms with Crippen LogP contribution >= 0.6 is 0 Å². The summed E-state index contributed by atoms with van der Waals surface area (Å²) in [5.74, 6) is -1.54. The zero-order valence-corrected chi connectivity index (χ0v) is 9.72. The maximum atomic E-state index is 13.3. The Hall–Kier alpha value is -1.53. The third kappa shape index (κ3) is 3.47. The van der Waals surface area contributed by atoms with Gasteiger partial charge in [-0.3, -0.25) is 0 Å². The van der Waals surface area contributed by atoms with E-state index in [0.29, 0.717) is 0 Å². The van der Waals surface area contributed by atoms with Crippen molar-refractivity contribution < 1.29 is 17.6 Å². The van der Waals surface area contributed by atoms with Crippen LogP contribution in [-0.4, -0.2) is 28.5 Å². The monoisotopic (exact) mass is 251 g/mol. The maximum absolute atomic E-state index is 13.3. The van der Waals surface area contributed by atoms with Gasteiger partial charge in [0, 0.05) is 45.7 Å². The number of rotatable bonds is 3. The van der Waals surface area contributed by atoms with Crippen LogP contribution in [0.15, 0.2) is 18.2 Å². The first-order chi connectivity index (χ1) is 7.71. The molecule has 1 heterocycles. The zero-order valence-electron chi connectivity index (χ0n) is 9.72. The minimum absolute atomic E-state index is 0.174. The number of alkyl halides is 3. The molecule has 7 heteroatoms. The molecule has 0 saturated carbocycles. The second-order valence-corrected chi connectivity index (χ2v) is 3.85. The Labute approximate surface area is 96.4 Å². The van der Waals surface area contributed by atoms with Gasteiger partial charge in [-0.2, -0.15) is 13.2 Å². The Kier molecular flexibility index (Phi) is 3.79. The second kappa shape index (κ2) is 4.77. The summed E-state index contributed by atoms with van der Waals surface area (Å²) in [6, 6.07) is 0. The SMILES string of the molecule is CN(C)/C=C(\F)Cc1cnc(C(F)(F)F)n1C. The first kappa shape index (κ1) is 13.5. The number of halogens is 4. The first-order valence-electron chi connectivity index (χ1n) is 4.82. The van der Waals surface area contributed by atoms with Gasteiger partial charge in [0.25, 0.3) is 0 Å². The van der Waals surface area contributed by atoms with Gasteiger partial charge in [-0.15, -0.1) is 0 Å². The van der Waals surface area contributed by atoms with E-state index in [1.54, 1.807) is 14.1 Å². The fourth-order valence-corrected chi connectivity index (χ4v) is 1.37. The molecule has 1 aromatic rings. The standard InChI is InChI=1S/C10H13F4N3/c1-16(2)6-7(11)4-8-5-15-9(17(8)3)10(12,13)14/h5-6H,4H2,1-3H3/b7-6-. The van der Waals surface area contributed by atoms with Crippen LogP contribution in [0.4, 0.5) is 17.6 Å². The van der Waals surface area contributed by atoms with Gasteiger partial charge in [0.1, 0.15) is 5.83 Å². The third-order valence-electron chi connectivity index (χ3n) is 2.09. The van der Waals surface area contributed by atoms with Gasteiger partial charge < -0.3 is 9.47 Å². The van der Waals surface area contributed by atoms with Crippen LogP contribution in [0.5, 0.6) is 0 Å². The first-order valence-corrected chi connectivity index (χ1v) is 4.82. The Balaban J connectivity index is 2.92. The van der Waals surface area contributed by atoms with Crippen LogP contribution in [0.3, 0.4) is 0 Å². The van der Waals surface area contributed by atoms with E-state index in [4.69, 9.17) is 0 Å². The maximum Gasteiger partial charge on any atom is 0.449 e. The van der Waals surface area contributed by atoms with Crippen molar-refractivity contribution >= 4 is 0 Å². The molecule has 96 valence electrons. The van der Waals surface area contributed by atoms with Gasteiger partial charge in [0.2, 0.25) is 5.82 Å². The molecule has 0 aliphatic carbocycles. The molecule has 0 spiro atoms. The molecule has 1 aromatic heterocycles. The molecule has 0 unspecified atom stereocenters. The summed E-state index contributed by atoms with van der Waals surface area (Å²) in [5, 5.41) is 0. The fourth-order valence-electron chi connectivity index (χ4n) is 1.37. The van der Waals surface area contributed by atoms with Gasteiger partial charge in [-0.1, -0.05) is 0 Å². The third-order valence-corrected chi connectivity index (χ3v) is 2.09. The highest BCUT2D eigenvalue weighted by Gasteiger charge is 2.36. The normalized spacial score (nSPS) is 13.0. The number of aromatic nitrogens is 2. The Bertz CT molecular complexity index is 418. The molecule has 17 heavy (non-hydrogen) atoms. The van der Waals surface area contributed by atoms with E-state index in [9.17, 15) is 17.6 Å². The smallest absolute Gasteiger partial charge is 0.381 e. The van der Waals surface area contributed by atoms with E-state index in [0.717, 1.165) is 10.8 Å². The van der Waals surface area contributed by atoms with Gasteiger partial charge >= 0.3 is 6.18 Å². The minimum atomic E-state index is -4.52. The number of imidazole rings is 1. The molecular weight excluding hydrogens is 238 g/mol. The van der Waals surface area contributed by atoms with Crippen molar-refractivity contribution in [1.82, 2.24) is 14.5 Å². The summed E-state index contributed by atoms with van der Waals surface area (Å²) in [6.07, 6.45) is -2.49. The van der Waals surface area contributed by atoms with Crippen molar-refractivity contribution in [3.63, 3.8) is 0 Å². The van der Waals surface area contributed by atoms with Gasteiger partial charge in [0.05, 0.1) is 0 Å². The highest BCUT2D eigenvalue weighted by atomic mass is 19.4. The Morgan fingerprint density at radius 2 is 2.06 bits per heavy atom. The Morgan fingerprint density at radius 3 is 2.47 bits per heavy atom. The van der Waals surface area contributed by atoms with E-state index < -0.39 is 17.8 Å². The lowest BCUT2D eigenvalue weighted by Crippen LogP contribution is -2.14. The molecule has 0 aliphatic rings. The highest BCUT2D eigenvalue weighted by molar-refractivity contribution is 5.13. The zero-order chi connectivity index (χ0) is 13.2. The van der Waals surface area contributed by atoms with E-state index in [1.165, 1.54) is 18.1 Å². The van der Waals surface area contributed by atoms with Gasteiger partial charge in [-0.05, 0) is 0 Å². The summed E-state index contributed by atoms with van der Waals surface area (Å²) in [6.45, 7) is 0. The molecule has 0 bridgehead atoms. The fraction of sp³-hybridized carbons (Fsp3) is 0.500. The van der Waals surface area contributed by atoms with Crippen LogP contribution in [0.1, 0.15) is 11.5 Å². The molecule has 3 nitrogen and oxygen atoms in total. The molecule has 0 aliphatic heterocycles. The number of nitrogens with zero attached hydrogens (tertiary/aromatic N) is 3. The summed E-state index contributed by atoms with van der Waals surface area (Å²) in [7, 11) is 4.47. The minimum Gasteiger partial charge on any atom is -0.381 e. The lowest BCUT2D eigenvalue weighted by molar-refractivity contribution is -0.146. The molecule has 0 amide bonds. The molecular formula is C10H13F4N3. The summed E-state index contributed by atoms with van der Waals surface area (Å²) < 4.78 is 51.4.